The van der Waals surface area contributed by atoms with Crippen molar-refractivity contribution in [2.45, 2.75) is 48.5 Å². The van der Waals surface area contributed by atoms with Gasteiger partial charge in [-0.25, -0.2) is 17.9 Å². The number of benzene rings is 2. The number of carbonyl (C=O) groups is 1. The first kappa shape index (κ1) is 32.0. The van der Waals surface area contributed by atoms with Gasteiger partial charge in [-0.3, -0.25) is 9.36 Å². The standard InChI is InChI=1S/C23H22ClN3O4S2.2C2H6/c1-5-21(24)32-16(4)33(30,31)26-23(29)25-18-7-9-20(15(3)13-18)27-11-10-17-12-14(2)6-8-19(17)22(27)28;2*1-2/h5-13H,4H2,1-3H3,(H2,25,26,29);2*1-2H3/b21-5-;;. The lowest BCUT2D eigenvalue weighted by molar-refractivity contribution is 0.256. The minimum Gasteiger partial charge on any atom is -0.307 e. The summed E-state index contributed by atoms with van der Waals surface area (Å²) in [6.07, 6.45) is 3.22. The molecule has 3 rings (SSSR count). The number of aryl methyl sites for hydroxylation is 2. The number of thioether (sulfide) groups is 1. The number of rotatable bonds is 6. The van der Waals surface area contributed by atoms with E-state index in [0.29, 0.717) is 22.3 Å². The number of nitrogens with one attached hydrogen (secondary N) is 2. The third-order valence-corrected chi connectivity index (χ3v) is 7.81. The highest BCUT2D eigenvalue weighted by molar-refractivity contribution is 8.21. The molecule has 0 radical (unpaired) electrons. The van der Waals surface area contributed by atoms with Crippen LogP contribution < -0.4 is 15.6 Å². The van der Waals surface area contributed by atoms with Gasteiger partial charge in [-0.2, -0.15) is 0 Å². The Bertz CT molecular complexity index is 1460. The Labute approximate surface area is 228 Å². The number of pyridine rings is 1. The molecule has 1 aromatic heterocycles. The number of allylic oxidation sites excluding steroid dienone is 1. The van der Waals surface area contributed by atoms with Crippen LogP contribution in [-0.4, -0.2) is 19.0 Å². The number of carbonyl (C=O) groups excluding carboxylic acids is 1. The van der Waals surface area contributed by atoms with Gasteiger partial charge in [-0.15, -0.1) is 0 Å². The molecule has 37 heavy (non-hydrogen) atoms. The molecule has 0 fully saturated rings. The summed E-state index contributed by atoms with van der Waals surface area (Å²) >= 11 is 6.54. The molecule has 0 saturated carbocycles. The second-order valence-electron chi connectivity index (χ2n) is 7.21. The Kier molecular flexibility index (Phi) is 12.7. The minimum absolute atomic E-state index is 0.157. The van der Waals surface area contributed by atoms with E-state index in [2.05, 4.69) is 11.9 Å². The summed E-state index contributed by atoms with van der Waals surface area (Å²) in [5.41, 5.74) is 2.63. The number of amides is 2. The van der Waals surface area contributed by atoms with Crippen LogP contribution in [0.3, 0.4) is 0 Å². The average Bonchev–Trinajstić information content (AvgIpc) is 2.86. The molecular weight excluding hydrogens is 530 g/mol. The normalized spacial score (nSPS) is 11.0. The number of sulfonamides is 1. The quantitative estimate of drug-likeness (QED) is 0.325. The van der Waals surface area contributed by atoms with Crippen LogP contribution in [0.1, 0.15) is 45.7 Å². The summed E-state index contributed by atoms with van der Waals surface area (Å²) in [5, 5.41) is 3.94. The minimum atomic E-state index is -4.14. The van der Waals surface area contributed by atoms with E-state index in [0.717, 1.165) is 22.7 Å². The number of hydrogen-bond acceptors (Lipinski definition) is 5. The molecular formula is C27H34ClN3O4S2. The van der Waals surface area contributed by atoms with Gasteiger partial charge in [0.2, 0.25) is 0 Å². The van der Waals surface area contributed by atoms with Crippen LogP contribution in [0.5, 0.6) is 0 Å². The molecule has 0 bridgehead atoms. The second kappa shape index (κ2) is 14.7. The van der Waals surface area contributed by atoms with Crippen LogP contribution in [-0.2, 0) is 10.0 Å². The summed E-state index contributed by atoms with van der Waals surface area (Å²) in [5.74, 6) is 0. The van der Waals surface area contributed by atoms with Gasteiger partial charge in [0, 0.05) is 17.3 Å². The van der Waals surface area contributed by atoms with E-state index in [1.54, 1.807) is 44.3 Å². The van der Waals surface area contributed by atoms with Crippen molar-refractivity contribution in [3.63, 3.8) is 0 Å². The summed E-state index contributed by atoms with van der Waals surface area (Å²) in [4.78, 5) is 25.2. The summed E-state index contributed by atoms with van der Waals surface area (Å²) in [6, 6.07) is 11.5. The zero-order valence-electron chi connectivity index (χ0n) is 22.2. The molecule has 0 aliphatic rings. The zero-order valence-corrected chi connectivity index (χ0v) is 24.6. The van der Waals surface area contributed by atoms with Gasteiger partial charge in [0.25, 0.3) is 15.6 Å². The second-order valence-corrected chi connectivity index (χ2v) is 10.9. The SMILES string of the molecule is C=C(S/C(Cl)=C\C)S(=O)(=O)NC(=O)Nc1ccc(-n2ccc3cc(C)ccc3c2=O)c(C)c1.CC.CC. The lowest BCUT2D eigenvalue weighted by Crippen LogP contribution is -2.34. The first-order chi connectivity index (χ1) is 17.5. The van der Waals surface area contributed by atoms with Crippen molar-refractivity contribution in [2.24, 2.45) is 0 Å². The molecule has 0 spiro atoms. The Morgan fingerprint density at radius 3 is 2.30 bits per heavy atom. The van der Waals surface area contributed by atoms with Crippen molar-refractivity contribution in [1.82, 2.24) is 9.29 Å². The van der Waals surface area contributed by atoms with E-state index in [1.807, 2.05) is 57.5 Å². The third kappa shape index (κ3) is 8.52. The third-order valence-electron chi connectivity index (χ3n) is 4.74. The van der Waals surface area contributed by atoms with E-state index < -0.39 is 16.1 Å². The fourth-order valence-electron chi connectivity index (χ4n) is 3.12. The highest BCUT2D eigenvalue weighted by Gasteiger charge is 2.20. The molecule has 0 unspecified atom stereocenters. The Morgan fingerprint density at radius 2 is 1.70 bits per heavy atom. The molecule has 2 amide bonds. The maximum absolute atomic E-state index is 13.0. The fourth-order valence-corrected chi connectivity index (χ4v) is 5.11. The van der Waals surface area contributed by atoms with E-state index in [1.165, 1.54) is 10.6 Å². The number of aromatic nitrogens is 1. The smallest absolute Gasteiger partial charge is 0.307 e. The summed E-state index contributed by atoms with van der Waals surface area (Å²) < 4.78 is 27.8. The molecule has 7 nitrogen and oxygen atoms in total. The summed E-state index contributed by atoms with van der Waals surface area (Å²) in [6.45, 7) is 16.8. The van der Waals surface area contributed by atoms with Gasteiger partial charge in [0.05, 0.1) is 10.1 Å². The van der Waals surface area contributed by atoms with Crippen molar-refractivity contribution in [2.75, 3.05) is 5.32 Å². The van der Waals surface area contributed by atoms with E-state index in [4.69, 9.17) is 11.6 Å². The summed E-state index contributed by atoms with van der Waals surface area (Å²) in [7, 11) is -4.14. The van der Waals surface area contributed by atoms with Gasteiger partial charge in [-0.1, -0.05) is 81.4 Å². The molecule has 2 aromatic carbocycles. The van der Waals surface area contributed by atoms with Crippen molar-refractivity contribution in [3.05, 3.63) is 91.4 Å². The zero-order chi connectivity index (χ0) is 28.3. The van der Waals surface area contributed by atoms with E-state index >= 15 is 0 Å². The van der Waals surface area contributed by atoms with Crippen molar-refractivity contribution < 1.29 is 13.2 Å². The first-order valence-electron chi connectivity index (χ1n) is 11.8. The van der Waals surface area contributed by atoms with E-state index in [-0.39, 0.29) is 14.2 Å². The highest BCUT2D eigenvalue weighted by Crippen LogP contribution is 2.30. The largest absolute Gasteiger partial charge is 0.333 e. The predicted octanol–water partition coefficient (Wildman–Crippen LogP) is 7.42. The molecule has 1 heterocycles. The van der Waals surface area contributed by atoms with Gasteiger partial charge in [-0.05, 0) is 62.1 Å². The maximum atomic E-state index is 13.0. The topological polar surface area (TPSA) is 97.3 Å². The Balaban J connectivity index is 0.00000163. The van der Waals surface area contributed by atoms with Crippen LogP contribution in [0.15, 0.2) is 74.7 Å². The first-order valence-corrected chi connectivity index (χ1v) is 14.4. The van der Waals surface area contributed by atoms with Crippen LogP contribution in [0, 0.1) is 13.8 Å². The Hall–Kier alpha value is -3.01. The van der Waals surface area contributed by atoms with Crippen LogP contribution in [0.2, 0.25) is 0 Å². The molecule has 0 atom stereocenters. The van der Waals surface area contributed by atoms with Gasteiger partial charge >= 0.3 is 6.03 Å². The van der Waals surface area contributed by atoms with Crippen molar-refractivity contribution in [1.29, 1.82) is 0 Å². The molecule has 10 heteroatoms. The van der Waals surface area contributed by atoms with Crippen molar-refractivity contribution in [3.8, 4) is 5.69 Å². The number of anilines is 1. The number of nitrogens with zero attached hydrogens (tertiary/aromatic N) is 1. The number of urea groups is 1. The molecule has 0 aliphatic heterocycles. The van der Waals surface area contributed by atoms with E-state index in [9.17, 15) is 18.0 Å². The molecule has 200 valence electrons. The molecule has 0 aliphatic carbocycles. The van der Waals surface area contributed by atoms with Gasteiger partial charge in [0.1, 0.15) is 4.24 Å². The Morgan fingerprint density at radius 1 is 1.05 bits per heavy atom. The van der Waals surface area contributed by atoms with Crippen LogP contribution >= 0.6 is 23.4 Å². The van der Waals surface area contributed by atoms with Crippen LogP contribution in [0.4, 0.5) is 10.5 Å². The van der Waals surface area contributed by atoms with Crippen LogP contribution in [0.25, 0.3) is 16.5 Å². The van der Waals surface area contributed by atoms with Crippen molar-refractivity contribution >= 4 is 55.9 Å². The predicted molar refractivity (Wildman–Crippen MR) is 159 cm³/mol. The maximum Gasteiger partial charge on any atom is 0.333 e. The van der Waals surface area contributed by atoms with Gasteiger partial charge in [0.15, 0.2) is 0 Å². The monoisotopic (exact) mass is 563 g/mol. The highest BCUT2D eigenvalue weighted by atomic mass is 35.5. The lowest BCUT2D eigenvalue weighted by Gasteiger charge is -2.13. The number of fused-ring (bicyclic) bond motifs is 1. The number of hydrogen-bond donors (Lipinski definition) is 2. The molecule has 3 aromatic rings. The average molecular weight is 564 g/mol. The molecule has 2 N–H and O–H groups in total. The fraction of sp³-hybridized carbons (Fsp3) is 0.259. The molecule has 0 saturated heterocycles. The lowest BCUT2D eigenvalue weighted by atomic mass is 10.1. The van der Waals surface area contributed by atoms with Gasteiger partial charge < -0.3 is 5.32 Å². The number of halogens is 1.